The molecule has 2 aromatic heterocycles. The maximum atomic E-state index is 14.0. The Morgan fingerprint density at radius 2 is 1.81 bits per heavy atom. The van der Waals surface area contributed by atoms with E-state index in [2.05, 4.69) is 37.1 Å². The van der Waals surface area contributed by atoms with Crippen molar-refractivity contribution in [1.29, 1.82) is 0 Å². The molecule has 0 bridgehead atoms. The number of hydrogen-bond donors (Lipinski definition) is 2. The molecule has 1 aliphatic heterocycles. The van der Waals surface area contributed by atoms with Crippen LogP contribution in [0.25, 0.3) is 11.0 Å². The number of halogens is 3. The van der Waals surface area contributed by atoms with Gasteiger partial charge in [-0.3, -0.25) is 9.69 Å². The van der Waals surface area contributed by atoms with Crippen LogP contribution in [0, 0.1) is 18.8 Å². The molecule has 0 radical (unpaired) electrons. The van der Waals surface area contributed by atoms with E-state index in [-0.39, 0.29) is 29.5 Å². The van der Waals surface area contributed by atoms with Crippen molar-refractivity contribution in [1.82, 2.24) is 29.5 Å². The maximum Gasteiger partial charge on any atom is 0.416 e. The first-order chi connectivity index (χ1) is 20.4. The van der Waals surface area contributed by atoms with Crippen molar-refractivity contribution in [3.8, 4) is 11.8 Å². The van der Waals surface area contributed by atoms with Gasteiger partial charge in [-0.05, 0) is 69.1 Å². The molecule has 0 saturated carbocycles. The van der Waals surface area contributed by atoms with Crippen molar-refractivity contribution in [2.45, 2.75) is 39.5 Å². The second-order valence-electron chi connectivity index (χ2n) is 11.0. The first-order valence-electron chi connectivity index (χ1n) is 13.9. The number of aromatic nitrogens is 4. The second kappa shape index (κ2) is 12.0. The van der Waals surface area contributed by atoms with Crippen molar-refractivity contribution in [3.05, 3.63) is 76.2 Å². The summed E-state index contributed by atoms with van der Waals surface area (Å²) in [5, 5.41) is 7.85. The van der Waals surface area contributed by atoms with Gasteiger partial charge in [-0.15, -0.1) is 0 Å². The van der Waals surface area contributed by atoms with Gasteiger partial charge >= 0.3 is 6.18 Å². The molecule has 224 valence electrons. The predicted molar refractivity (Wildman–Crippen MR) is 159 cm³/mol. The van der Waals surface area contributed by atoms with Crippen LogP contribution < -0.4 is 11.1 Å². The third-order valence-electron chi connectivity index (χ3n) is 7.49. The fraction of sp³-hybridized carbons (Fsp3) is 0.355. The number of hydrogen-bond acceptors (Lipinski definition) is 7. The molecule has 1 aliphatic rings. The molecule has 1 saturated heterocycles. The highest BCUT2D eigenvalue weighted by atomic mass is 19.4. The number of aryl methyl sites for hydroxylation is 1. The molecule has 0 aliphatic carbocycles. The van der Waals surface area contributed by atoms with Gasteiger partial charge in [0.2, 0.25) is 0 Å². The van der Waals surface area contributed by atoms with Crippen LogP contribution in [0.2, 0.25) is 0 Å². The molecular weight excluding hydrogens is 557 g/mol. The molecule has 3 heterocycles. The number of amides is 1. The van der Waals surface area contributed by atoms with Crippen LogP contribution in [0.4, 0.5) is 24.7 Å². The lowest BCUT2D eigenvalue weighted by Gasteiger charge is -2.33. The van der Waals surface area contributed by atoms with E-state index in [0.29, 0.717) is 41.1 Å². The number of nitrogens with two attached hydrogens (primary N) is 1. The zero-order valence-electron chi connectivity index (χ0n) is 24.5. The van der Waals surface area contributed by atoms with Crippen LogP contribution in [0.1, 0.15) is 58.2 Å². The van der Waals surface area contributed by atoms with Gasteiger partial charge < -0.3 is 16.0 Å². The lowest BCUT2D eigenvalue weighted by Crippen LogP contribution is -2.44. The molecule has 1 amide bonds. The topological polar surface area (TPSA) is 105 Å². The normalized spacial score (nSPS) is 14.6. The van der Waals surface area contributed by atoms with E-state index in [9.17, 15) is 18.0 Å². The molecule has 4 aromatic rings. The van der Waals surface area contributed by atoms with Crippen molar-refractivity contribution in [2.24, 2.45) is 0 Å². The van der Waals surface area contributed by atoms with Crippen molar-refractivity contribution in [3.63, 3.8) is 0 Å². The summed E-state index contributed by atoms with van der Waals surface area (Å²) in [5.74, 6) is 5.76. The minimum Gasteiger partial charge on any atom is -0.383 e. The summed E-state index contributed by atoms with van der Waals surface area (Å²) < 4.78 is 43.8. The van der Waals surface area contributed by atoms with Crippen LogP contribution in [0.5, 0.6) is 0 Å². The number of rotatable bonds is 5. The van der Waals surface area contributed by atoms with E-state index >= 15 is 0 Å². The van der Waals surface area contributed by atoms with Crippen LogP contribution >= 0.6 is 0 Å². The monoisotopic (exact) mass is 590 g/mol. The third kappa shape index (κ3) is 6.63. The number of piperazine rings is 1. The number of nitrogens with one attached hydrogen (secondary N) is 1. The lowest BCUT2D eigenvalue weighted by molar-refractivity contribution is -0.138. The number of nitrogens with zero attached hydrogens (tertiary/aromatic N) is 6. The Morgan fingerprint density at radius 1 is 1.07 bits per heavy atom. The van der Waals surface area contributed by atoms with Crippen LogP contribution in [0.3, 0.4) is 0 Å². The number of fused-ring (bicyclic) bond motifs is 1. The number of nitrogen functional groups attached to an aromatic ring is 1. The summed E-state index contributed by atoms with van der Waals surface area (Å²) in [4.78, 5) is 25.6. The van der Waals surface area contributed by atoms with Crippen molar-refractivity contribution >= 4 is 28.4 Å². The van der Waals surface area contributed by atoms with E-state index in [0.717, 1.165) is 24.7 Å². The Bertz CT molecular complexity index is 1730. The van der Waals surface area contributed by atoms with Crippen molar-refractivity contribution < 1.29 is 18.0 Å². The first kappa shape index (κ1) is 30.0. The summed E-state index contributed by atoms with van der Waals surface area (Å²) in [6, 6.07) is 8.92. The van der Waals surface area contributed by atoms with Crippen LogP contribution in [-0.2, 0) is 12.7 Å². The number of likely N-dealkylation sites (N-methyl/N-ethyl adjacent to an activating group) is 1. The van der Waals surface area contributed by atoms with Gasteiger partial charge in [0, 0.05) is 55.6 Å². The van der Waals surface area contributed by atoms with Gasteiger partial charge in [0.25, 0.3) is 5.91 Å². The van der Waals surface area contributed by atoms with E-state index < -0.39 is 17.6 Å². The molecule has 0 unspecified atom stereocenters. The summed E-state index contributed by atoms with van der Waals surface area (Å²) in [5.41, 5.74) is 8.24. The first-order valence-corrected chi connectivity index (χ1v) is 13.9. The standard InChI is InChI=1S/C31H33F3N8O/c1-19(2)42-29-27(28(35)36-18-37-29)26(39-42)10-8-21-15-24(9-5-20(21)3)38-30(43)22-6-7-23(25(16-22)31(32,33)34)17-41-13-11-40(4)12-14-41/h5-7,9,15-16,18-19H,11-14,17H2,1-4H3,(H,38,43)(H2,35,36,37). The van der Waals surface area contributed by atoms with Gasteiger partial charge in [0.1, 0.15) is 17.8 Å². The smallest absolute Gasteiger partial charge is 0.383 e. The zero-order valence-corrected chi connectivity index (χ0v) is 24.5. The summed E-state index contributed by atoms with van der Waals surface area (Å²) in [6.07, 6.45) is -3.21. The summed E-state index contributed by atoms with van der Waals surface area (Å²) in [6.45, 7) is 8.95. The highest BCUT2D eigenvalue weighted by Crippen LogP contribution is 2.34. The number of carbonyl (C=O) groups excluding carboxylic acids is 1. The molecule has 0 atom stereocenters. The van der Waals surface area contributed by atoms with E-state index in [1.165, 1.54) is 18.5 Å². The zero-order chi connectivity index (χ0) is 30.9. The number of anilines is 2. The average molecular weight is 591 g/mol. The molecule has 3 N–H and O–H groups in total. The van der Waals surface area contributed by atoms with E-state index in [4.69, 9.17) is 5.73 Å². The lowest BCUT2D eigenvalue weighted by atomic mass is 10.0. The predicted octanol–water partition coefficient (Wildman–Crippen LogP) is 4.72. The largest absolute Gasteiger partial charge is 0.416 e. The molecule has 12 heteroatoms. The van der Waals surface area contributed by atoms with Gasteiger partial charge in [0.05, 0.1) is 10.9 Å². The SMILES string of the molecule is Cc1ccc(NC(=O)c2ccc(CN3CCN(C)CC3)c(C(F)(F)F)c2)cc1C#Cc1nn(C(C)C)c2ncnc(N)c12. The van der Waals surface area contributed by atoms with Gasteiger partial charge in [0.15, 0.2) is 5.65 Å². The third-order valence-corrected chi connectivity index (χ3v) is 7.49. The van der Waals surface area contributed by atoms with E-state index in [1.807, 2.05) is 32.7 Å². The molecule has 43 heavy (non-hydrogen) atoms. The van der Waals surface area contributed by atoms with E-state index in [1.54, 1.807) is 22.9 Å². The molecule has 1 fully saturated rings. The molecule has 9 nitrogen and oxygen atoms in total. The molecule has 5 rings (SSSR count). The fourth-order valence-corrected chi connectivity index (χ4v) is 4.97. The fourth-order valence-electron chi connectivity index (χ4n) is 4.97. The minimum absolute atomic E-state index is 0.0198. The minimum atomic E-state index is -4.59. The maximum absolute atomic E-state index is 14.0. The number of benzene rings is 2. The van der Waals surface area contributed by atoms with Crippen molar-refractivity contribution in [2.75, 3.05) is 44.3 Å². The Balaban J connectivity index is 1.39. The highest BCUT2D eigenvalue weighted by molar-refractivity contribution is 6.04. The molecular formula is C31H33F3N8O. The Kier molecular flexibility index (Phi) is 8.39. The second-order valence-corrected chi connectivity index (χ2v) is 11.0. The van der Waals surface area contributed by atoms with Gasteiger partial charge in [-0.25, -0.2) is 14.6 Å². The van der Waals surface area contributed by atoms with Gasteiger partial charge in [-0.2, -0.15) is 18.3 Å². The summed E-state index contributed by atoms with van der Waals surface area (Å²) in [7, 11) is 1.99. The molecule has 0 spiro atoms. The van der Waals surface area contributed by atoms with Crippen LogP contribution in [0.15, 0.2) is 42.7 Å². The molecule has 2 aromatic carbocycles. The quantitative estimate of drug-likeness (QED) is 0.324. The highest BCUT2D eigenvalue weighted by Gasteiger charge is 2.34. The average Bonchev–Trinajstić information content (AvgIpc) is 3.34. The Hall–Kier alpha value is -4.47. The number of carbonyl (C=O) groups is 1. The Labute approximate surface area is 247 Å². The number of alkyl halides is 3. The Morgan fingerprint density at radius 3 is 2.51 bits per heavy atom. The van der Waals surface area contributed by atoms with Crippen LogP contribution in [-0.4, -0.2) is 68.7 Å². The summed E-state index contributed by atoms with van der Waals surface area (Å²) >= 11 is 0. The van der Waals surface area contributed by atoms with Gasteiger partial charge in [-0.1, -0.05) is 18.1 Å².